The molecule has 1 heterocycles. The number of nitrogen functional groups attached to an aromatic ring is 1. The van der Waals surface area contributed by atoms with E-state index in [0.29, 0.717) is 12.2 Å². The van der Waals surface area contributed by atoms with Crippen LogP contribution in [-0.4, -0.2) is 10.7 Å². The highest BCUT2D eigenvalue weighted by atomic mass is 14.7. The molecule has 266 valence electrons. The Morgan fingerprint density at radius 2 is 1.04 bits per heavy atom. The lowest BCUT2D eigenvalue weighted by molar-refractivity contribution is 1.07. The van der Waals surface area contributed by atoms with Crippen molar-refractivity contribution < 1.29 is 0 Å². The van der Waals surface area contributed by atoms with Gasteiger partial charge in [0.15, 0.2) is 0 Å². The first-order valence-corrected chi connectivity index (χ1v) is 19.0. The summed E-state index contributed by atoms with van der Waals surface area (Å²) in [5.74, 6) is 0. The summed E-state index contributed by atoms with van der Waals surface area (Å²) in [5.41, 5.74) is 22.6. The van der Waals surface area contributed by atoms with E-state index in [9.17, 15) is 0 Å². The molecule has 0 saturated heterocycles. The smallest absolute Gasteiger partial charge is 0.0743 e. The Labute approximate surface area is 328 Å². The second-order valence-electron chi connectivity index (χ2n) is 14.0. The summed E-state index contributed by atoms with van der Waals surface area (Å²) in [5, 5.41) is 2.49. The fraction of sp³-hybridized carbons (Fsp3) is 0.0189. The second-order valence-corrected chi connectivity index (χ2v) is 14.0. The number of hydrogen-bond donors (Lipinski definition) is 1. The molecule has 0 bridgehead atoms. The molecule has 8 aromatic carbocycles. The first kappa shape index (κ1) is 34.4. The average molecular weight is 718 g/mol. The minimum absolute atomic E-state index is 0.472. The van der Waals surface area contributed by atoms with Gasteiger partial charge < -0.3 is 5.73 Å². The van der Waals surface area contributed by atoms with Crippen molar-refractivity contribution in [2.24, 2.45) is 4.99 Å². The molecular formula is C53H39N3. The van der Waals surface area contributed by atoms with Crippen LogP contribution in [0.4, 0.5) is 5.69 Å². The van der Waals surface area contributed by atoms with E-state index in [0.717, 1.165) is 67.0 Å². The quantitative estimate of drug-likeness (QED) is 0.119. The van der Waals surface area contributed by atoms with Gasteiger partial charge in [-0.05, 0) is 103 Å². The van der Waals surface area contributed by atoms with Crippen molar-refractivity contribution >= 4 is 22.2 Å². The average Bonchev–Trinajstić information content (AvgIpc) is 3.28. The van der Waals surface area contributed by atoms with Crippen molar-refractivity contribution in [3.8, 4) is 55.8 Å². The van der Waals surface area contributed by atoms with Crippen LogP contribution in [0.5, 0.6) is 0 Å². The maximum absolute atomic E-state index is 6.73. The Morgan fingerprint density at radius 3 is 1.75 bits per heavy atom. The van der Waals surface area contributed by atoms with Gasteiger partial charge in [-0.3, -0.25) is 9.98 Å². The second kappa shape index (κ2) is 15.5. The minimum Gasteiger partial charge on any atom is -0.398 e. The predicted molar refractivity (Wildman–Crippen MR) is 236 cm³/mol. The van der Waals surface area contributed by atoms with E-state index in [1.165, 1.54) is 21.9 Å². The van der Waals surface area contributed by atoms with Crippen LogP contribution in [0.1, 0.15) is 16.7 Å². The molecule has 9 aromatic rings. The van der Waals surface area contributed by atoms with Crippen molar-refractivity contribution in [1.82, 2.24) is 4.98 Å². The first-order chi connectivity index (χ1) is 27.7. The zero-order chi connectivity index (χ0) is 37.7. The molecule has 0 radical (unpaired) electrons. The van der Waals surface area contributed by atoms with Gasteiger partial charge in [0.1, 0.15) is 0 Å². The van der Waals surface area contributed by atoms with Crippen LogP contribution < -0.4 is 5.73 Å². The Hall–Kier alpha value is -7.36. The van der Waals surface area contributed by atoms with Gasteiger partial charge in [-0.15, -0.1) is 0 Å². The maximum atomic E-state index is 6.73. The van der Waals surface area contributed by atoms with E-state index in [1.807, 2.05) is 42.6 Å². The fourth-order valence-electron chi connectivity index (χ4n) is 7.47. The molecule has 3 nitrogen and oxygen atoms in total. The SMILES string of the molecule is Nc1ccc(-c2ccccc2)cc1/C(=N\Cc1cc(-c2ccc(-c3ccccn3)cc2)cc(-c2ccc(-c3cccc4ccccc34)cc2)c1)c1ccccc1. The monoisotopic (exact) mass is 717 g/mol. The van der Waals surface area contributed by atoms with Crippen LogP contribution in [0.2, 0.25) is 0 Å². The molecule has 0 aliphatic rings. The molecule has 3 heteroatoms. The van der Waals surface area contributed by atoms with E-state index < -0.39 is 0 Å². The molecule has 0 aliphatic heterocycles. The van der Waals surface area contributed by atoms with Crippen molar-refractivity contribution in [2.75, 3.05) is 5.73 Å². The lowest BCUT2D eigenvalue weighted by atomic mass is 9.93. The summed E-state index contributed by atoms with van der Waals surface area (Å²) >= 11 is 0. The molecule has 2 N–H and O–H groups in total. The number of hydrogen-bond acceptors (Lipinski definition) is 3. The lowest BCUT2D eigenvalue weighted by Gasteiger charge is -2.14. The third-order valence-corrected chi connectivity index (χ3v) is 10.4. The van der Waals surface area contributed by atoms with Crippen LogP contribution >= 0.6 is 0 Å². The standard InChI is InChI=1S/C53H39N3/c54-51-30-29-45(38-12-3-1-4-13-38)35-50(51)53(44-15-5-2-6-16-44)56-36-37-32-46(34-47(33-37)40-23-27-43(28-24-40)52-20-9-10-31-55-52)39-21-25-42(26-22-39)49-19-11-17-41-14-7-8-18-48(41)49/h1-35H,36,54H2/b56-53-. The van der Waals surface area contributed by atoms with Gasteiger partial charge in [-0.2, -0.15) is 0 Å². The summed E-state index contributed by atoms with van der Waals surface area (Å²) in [7, 11) is 0. The first-order valence-electron chi connectivity index (χ1n) is 19.0. The summed E-state index contributed by atoms with van der Waals surface area (Å²) in [6, 6.07) is 72.5. The number of aliphatic imine (C=N–C) groups is 1. The zero-order valence-electron chi connectivity index (χ0n) is 30.9. The van der Waals surface area contributed by atoms with Crippen molar-refractivity contribution in [3.63, 3.8) is 0 Å². The molecule has 0 saturated carbocycles. The van der Waals surface area contributed by atoms with E-state index in [4.69, 9.17) is 10.7 Å². The van der Waals surface area contributed by atoms with Gasteiger partial charge in [0.05, 0.1) is 18.0 Å². The lowest BCUT2D eigenvalue weighted by Crippen LogP contribution is -2.08. The molecular weight excluding hydrogens is 679 g/mol. The number of aromatic nitrogens is 1. The van der Waals surface area contributed by atoms with Crippen LogP contribution in [0.25, 0.3) is 66.5 Å². The van der Waals surface area contributed by atoms with Crippen molar-refractivity contribution in [3.05, 3.63) is 229 Å². The number of pyridine rings is 1. The molecule has 0 fully saturated rings. The third kappa shape index (κ3) is 7.26. The van der Waals surface area contributed by atoms with Crippen LogP contribution in [0, 0.1) is 0 Å². The van der Waals surface area contributed by atoms with E-state index in [1.54, 1.807) is 0 Å². The van der Waals surface area contributed by atoms with Gasteiger partial charge >= 0.3 is 0 Å². The number of fused-ring (bicyclic) bond motifs is 1. The zero-order valence-corrected chi connectivity index (χ0v) is 30.9. The molecule has 0 unspecified atom stereocenters. The summed E-state index contributed by atoms with van der Waals surface area (Å²) < 4.78 is 0. The van der Waals surface area contributed by atoms with Gasteiger partial charge in [-0.1, -0.05) is 164 Å². The molecule has 56 heavy (non-hydrogen) atoms. The van der Waals surface area contributed by atoms with Gasteiger partial charge in [0, 0.05) is 28.6 Å². The van der Waals surface area contributed by atoms with Crippen LogP contribution in [0.15, 0.2) is 217 Å². The topological polar surface area (TPSA) is 51.3 Å². The molecule has 0 aliphatic carbocycles. The molecule has 0 atom stereocenters. The molecule has 1 aromatic heterocycles. The number of rotatable bonds is 9. The highest BCUT2D eigenvalue weighted by Gasteiger charge is 2.14. The fourth-order valence-corrected chi connectivity index (χ4v) is 7.47. The summed E-state index contributed by atoms with van der Waals surface area (Å²) in [6.07, 6.45) is 1.83. The highest BCUT2D eigenvalue weighted by molar-refractivity contribution is 6.16. The predicted octanol–water partition coefficient (Wildman–Crippen LogP) is 13.2. The van der Waals surface area contributed by atoms with Crippen LogP contribution in [0.3, 0.4) is 0 Å². The Morgan fingerprint density at radius 1 is 0.446 bits per heavy atom. The van der Waals surface area contributed by atoms with Gasteiger partial charge in [0.25, 0.3) is 0 Å². The molecule has 9 rings (SSSR count). The number of benzene rings is 8. The Balaban J connectivity index is 1.13. The number of nitrogens with two attached hydrogens (primary N) is 1. The Bertz CT molecular complexity index is 2790. The van der Waals surface area contributed by atoms with Crippen molar-refractivity contribution in [2.45, 2.75) is 6.54 Å². The van der Waals surface area contributed by atoms with E-state index in [-0.39, 0.29) is 0 Å². The van der Waals surface area contributed by atoms with E-state index >= 15 is 0 Å². The molecule has 0 amide bonds. The Kier molecular flexibility index (Phi) is 9.55. The van der Waals surface area contributed by atoms with E-state index in [2.05, 4.69) is 175 Å². The summed E-state index contributed by atoms with van der Waals surface area (Å²) in [6.45, 7) is 0.472. The summed E-state index contributed by atoms with van der Waals surface area (Å²) in [4.78, 5) is 9.93. The number of nitrogens with zero attached hydrogens (tertiary/aromatic N) is 2. The molecule has 0 spiro atoms. The normalized spacial score (nSPS) is 11.5. The number of anilines is 1. The van der Waals surface area contributed by atoms with Crippen molar-refractivity contribution in [1.29, 1.82) is 0 Å². The minimum atomic E-state index is 0.472. The van der Waals surface area contributed by atoms with Crippen LogP contribution in [-0.2, 0) is 6.54 Å². The third-order valence-electron chi connectivity index (χ3n) is 10.4. The largest absolute Gasteiger partial charge is 0.398 e. The van der Waals surface area contributed by atoms with Gasteiger partial charge in [0.2, 0.25) is 0 Å². The highest BCUT2D eigenvalue weighted by Crippen LogP contribution is 2.34. The van der Waals surface area contributed by atoms with Gasteiger partial charge in [-0.25, -0.2) is 0 Å². The maximum Gasteiger partial charge on any atom is 0.0743 e.